The maximum atomic E-state index is 13.1. The Labute approximate surface area is 195 Å². The Bertz CT molecular complexity index is 994. The summed E-state index contributed by atoms with van der Waals surface area (Å²) in [5, 5.41) is 10.8. The number of nitrogens with zero attached hydrogens (tertiary/aromatic N) is 2. The van der Waals surface area contributed by atoms with E-state index in [9.17, 15) is 9.59 Å². The zero-order chi connectivity index (χ0) is 23.4. The molecule has 1 aromatic heterocycles. The van der Waals surface area contributed by atoms with E-state index in [0.717, 1.165) is 55.7 Å². The Kier molecular flexibility index (Phi) is 7.02. The van der Waals surface area contributed by atoms with E-state index in [2.05, 4.69) is 15.7 Å². The number of ether oxygens (including phenoxy) is 2. The lowest BCUT2D eigenvalue weighted by atomic mass is 9.76. The molecule has 2 saturated carbocycles. The Morgan fingerprint density at radius 1 is 1.30 bits per heavy atom. The fraction of sp³-hybridized carbons (Fsp3) is 0.560. The summed E-state index contributed by atoms with van der Waals surface area (Å²) in [5.74, 6) is 0.882. The summed E-state index contributed by atoms with van der Waals surface area (Å²) >= 11 is 0. The molecule has 0 radical (unpaired) electrons. The summed E-state index contributed by atoms with van der Waals surface area (Å²) in [6, 6.07) is 7.58. The van der Waals surface area contributed by atoms with Crippen molar-refractivity contribution in [3.8, 4) is 5.75 Å². The number of aryl methyl sites for hydroxylation is 1. The number of aromatic nitrogens is 2. The second kappa shape index (κ2) is 9.95. The molecule has 0 bridgehead atoms. The first-order valence-corrected chi connectivity index (χ1v) is 11.8. The average Bonchev–Trinajstić information content (AvgIpc) is 3.56. The predicted molar refractivity (Wildman–Crippen MR) is 124 cm³/mol. The maximum absolute atomic E-state index is 13.1. The van der Waals surface area contributed by atoms with Crippen LogP contribution in [0.5, 0.6) is 5.75 Å². The molecule has 1 unspecified atom stereocenters. The van der Waals surface area contributed by atoms with Crippen molar-refractivity contribution in [3.05, 3.63) is 47.3 Å². The normalized spacial score (nSPS) is 17.7. The fourth-order valence-corrected chi connectivity index (χ4v) is 4.15. The number of carbonyl (C=O) groups is 2. The number of methoxy groups -OCH3 is 1. The number of hydrogen-bond donors (Lipinski definition) is 2. The van der Waals surface area contributed by atoms with Gasteiger partial charge >= 0.3 is 0 Å². The molecule has 8 heteroatoms. The van der Waals surface area contributed by atoms with Gasteiger partial charge in [-0.25, -0.2) is 0 Å². The van der Waals surface area contributed by atoms with Gasteiger partial charge in [-0.3, -0.25) is 14.3 Å². The lowest BCUT2D eigenvalue weighted by Gasteiger charge is -2.42. The zero-order valence-electron chi connectivity index (χ0n) is 19.7. The van der Waals surface area contributed by atoms with Gasteiger partial charge in [0.2, 0.25) is 5.91 Å². The van der Waals surface area contributed by atoms with Crippen LogP contribution >= 0.6 is 0 Å². The molecule has 4 rings (SSSR count). The molecule has 1 aromatic carbocycles. The molecule has 2 aliphatic rings. The van der Waals surface area contributed by atoms with E-state index in [0.29, 0.717) is 24.6 Å². The van der Waals surface area contributed by atoms with Crippen LogP contribution in [0.3, 0.4) is 0 Å². The maximum Gasteiger partial charge on any atom is 0.255 e. The van der Waals surface area contributed by atoms with E-state index in [1.165, 1.54) is 0 Å². The van der Waals surface area contributed by atoms with E-state index in [1.807, 2.05) is 42.1 Å². The molecule has 1 atom stereocenters. The van der Waals surface area contributed by atoms with Crippen molar-refractivity contribution in [2.45, 2.75) is 76.7 Å². The highest BCUT2D eigenvalue weighted by Crippen LogP contribution is 2.41. The molecule has 33 heavy (non-hydrogen) atoms. The van der Waals surface area contributed by atoms with Crippen LogP contribution in [0.25, 0.3) is 0 Å². The monoisotopic (exact) mass is 454 g/mol. The highest BCUT2D eigenvalue weighted by Gasteiger charge is 2.40. The van der Waals surface area contributed by atoms with E-state index >= 15 is 0 Å². The van der Waals surface area contributed by atoms with Gasteiger partial charge in [0.1, 0.15) is 11.9 Å². The predicted octanol–water partition coefficient (Wildman–Crippen LogP) is 3.16. The van der Waals surface area contributed by atoms with Crippen molar-refractivity contribution in [3.63, 3.8) is 0 Å². The molecule has 2 aliphatic carbocycles. The molecule has 2 fully saturated rings. The molecule has 178 valence electrons. The highest BCUT2D eigenvalue weighted by atomic mass is 16.5. The summed E-state index contributed by atoms with van der Waals surface area (Å²) in [6.45, 7) is 5.21. The van der Waals surface area contributed by atoms with Gasteiger partial charge in [-0.2, -0.15) is 5.10 Å². The van der Waals surface area contributed by atoms with E-state index in [4.69, 9.17) is 9.47 Å². The van der Waals surface area contributed by atoms with Gasteiger partial charge in [-0.15, -0.1) is 0 Å². The second-order valence-corrected chi connectivity index (χ2v) is 9.17. The summed E-state index contributed by atoms with van der Waals surface area (Å²) < 4.78 is 12.8. The van der Waals surface area contributed by atoms with Gasteiger partial charge in [0.05, 0.1) is 30.5 Å². The smallest absolute Gasteiger partial charge is 0.255 e. The van der Waals surface area contributed by atoms with Gasteiger partial charge < -0.3 is 20.1 Å². The van der Waals surface area contributed by atoms with Crippen LogP contribution < -0.4 is 15.4 Å². The third-order valence-electron chi connectivity index (χ3n) is 6.62. The fourth-order valence-electron chi connectivity index (χ4n) is 4.15. The van der Waals surface area contributed by atoms with E-state index < -0.39 is 11.6 Å². The molecule has 0 saturated heterocycles. The van der Waals surface area contributed by atoms with Crippen LogP contribution in [0.4, 0.5) is 0 Å². The minimum absolute atomic E-state index is 0.0899. The van der Waals surface area contributed by atoms with Crippen molar-refractivity contribution in [2.75, 3.05) is 13.7 Å². The molecule has 8 nitrogen and oxygen atoms in total. The molecule has 1 heterocycles. The topological polar surface area (TPSA) is 94.5 Å². The van der Waals surface area contributed by atoms with Crippen molar-refractivity contribution in [2.24, 2.45) is 0 Å². The van der Waals surface area contributed by atoms with Gasteiger partial charge in [0.25, 0.3) is 5.91 Å². The van der Waals surface area contributed by atoms with Crippen LogP contribution in [-0.2, 0) is 22.7 Å². The van der Waals surface area contributed by atoms with Gasteiger partial charge in [0.15, 0.2) is 0 Å². The van der Waals surface area contributed by atoms with Gasteiger partial charge in [-0.1, -0.05) is 12.1 Å². The van der Waals surface area contributed by atoms with Crippen molar-refractivity contribution in [1.29, 1.82) is 0 Å². The molecular formula is C25H34N4O4. The Balaban J connectivity index is 1.30. The van der Waals surface area contributed by atoms with Crippen molar-refractivity contribution >= 4 is 11.8 Å². The minimum Gasteiger partial charge on any atom is -0.497 e. The third-order valence-corrected chi connectivity index (χ3v) is 6.62. The Morgan fingerprint density at radius 2 is 2.09 bits per heavy atom. The number of carbonyl (C=O) groups excluding carboxylic acids is 2. The summed E-state index contributed by atoms with van der Waals surface area (Å²) in [4.78, 5) is 25.8. The molecule has 2 N–H and O–H groups in total. The molecule has 2 amide bonds. The molecule has 2 aromatic rings. The number of nitrogens with one attached hydrogen (secondary N) is 2. The van der Waals surface area contributed by atoms with Crippen LogP contribution in [0.2, 0.25) is 0 Å². The lowest BCUT2D eigenvalue weighted by Crippen LogP contribution is -2.60. The highest BCUT2D eigenvalue weighted by molar-refractivity contribution is 5.96. The first-order valence-electron chi connectivity index (χ1n) is 11.8. The standard InChI is InChI=1S/C25H34N4O4/c1-4-29-14-21(22(28-29)19-9-10-19)24(31)27-25(11-6-12-25)16-26-23(30)17(2)33-15-18-7-5-8-20(13-18)32-3/h5,7-8,13-14,17,19H,4,6,9-12,15-16H2,1-3H3,(H,26,30)(H,27,31). The molecule has 0 spiro atoms. The second-order valence-electron chi connectivity index (χ2n) is 9.17. The van der Waals surface area contributed by atoms with E-state index in [-0.39, 0.29) is 11.8 Å². The molecular weight excluding hydrogens is 420 g/mol. The first-order chi connectivity index (χ1) is 15.9. The largest absolute Gasteiger partial charge is 0.497 e. The summed E-state index contributed by atoms with van der Waals surface area (Å²) in [6.07, 6.45) is 6.15. The quantitative estimate of drug-likeness (QED) is 0.544. The lowest BCUT2D eigenvalue weighted by molar-refractivity contribution is -0.133. The average molecular weight is 455 g/mol. The number of benzene rings is 1. The Hall–Kier alpha value is -2.87. The third kappa shape index (κ3) is 5.55. The minimum atomic E-state index is -0.603. The summed E-state index contributed by atoms with van der Waals surface area (Å²) in [5.41, 5.74) is 2.11. The molecule has 0 aliphatic heterocycles. The van der Waals surface area contributed by atoms with Crippen LogP contribution in [-0.4, -0.2) is 46.9 Å². The van der Waals surface area contributed by atoms with E-state index in [1.54, 1.807) is 14.0 Å². The van der Waals surface area contributed by atoms with Crippen LogP contribution in [0.15, 0.2) is 30.5 Å². The zero-order valence-corrected chi connectivity index (χ0v) is 19.7. The summed E-state index contributed by atoms with van der Waals surface area (Å²) in [7, 11) is 1.62. The van der Waals surface area contributed by atoms with Crippen molar-refractivity contribution in [1.82, 2.24) is 20.4 Å². The SMILES string of the molecule is CCn1cc(C(=O)NC2(CNC(=O)C(C)OCc3cccc(OC)c3)CCC2)c(C2CC2)n1. The number of amides is 2. The number of rotatable bonds is 11. The van der Waals surface area contributed by atoms with Crippen LogP contribution in [0.1, 0.15) is 73.5 Å². The number of hydrogen-bond acceptors (Lipinski definition) is 5. The Morgan fingerprint density at radius 3 is 2.73 bits per heavy atom. The first kappa shape index (κ1) is 23.3. The van der Waals surface area contributed by atoms with Gasteiger partial charge in [-0.05, 0) is 63.6 Å². The van der Waals surface area contributed by atoms with Crippen LogP contribution in [0, 0.1) is 0 Å². The van der Waals surface area contributed by atoms with Crippen molar-refractivity contribution < 1.29 is 19.1 Å². The van der Waals surface area contributed by atoms with Gasteiger partial charge in [0, 0.05) is 25.2 Å².